The van der Waals surface area contributed by atoms with E-state index in [2.05, 4.69) is 11.6 Å². The van der Waals surface area contributed by atoms with E-state index < -0.39 is 0 Å². The predicted octanol–water partition coefficient (Wildman–Crippen LogP) is 1.45. The summed E-state index contributed by atoms with van der Waals surface area (Å²) in [4.78, 5) is 4.08. The number of nitrogens with zero attached hydrogens (tertiary/aromatic N) is 2. The molecule has 0 amide bonds. The summed E-state index contributed by atoms with van der Waals surface area (Å²) < 4.78 is 1.91. The number of rotatable bonds is 1. The van der Waals surface area contributed by atoms with Crippen molar-refractivity contribution in [3.05, 3.63) is 24.8 Å². The molecule has 0 bridgehead atoms. The van der Waals surface area contributed by atoms with E-state index in [1.54, 1.807) is 6.33 Å². The van der Waals surface area contributed by atoms with Gasteiger partial charge < -0.3 is 4.57 Å². The van der Waals surface area contributed by atoms with Crippen molar-refractivity contribution in [2.75, 3.05) is 0 Å². The maximum absolute atomic E-state index is 4.08. The number of hydrogen-bond acceptors (Lipinski definition) is 1. The molecule has 1 aromatic heterocycles. The Morgan fingerprint density at radius 3 is 2.67 bits per heavy atom. The van der Waals surface area contributed by atoms with Crippen LogP contribution in [0.1, 0.15) is 12.6 Å². The average Bonchev–Trinajstić information content (AvgIpc) is 2.14. The molecule has 0 aliphatic rings. The molecule has 0 unspecified atom stereocenters. The van der Waals surface area contributed by atoms with Gasteiger partial charge in [-0.05, 0) is 12.5 Å². The Bertz CT molecular complexity index is 223. The maximum Gasteiger partial charge on any atom is 0.0950 e. The summed E-state index contributed by atoms with van der Waals surface area (Å²) in [6.45, 7) is 5.71. The molecule has 0 aliphatic carbocycles. The van der Waals surface area contributed by atoms with E-state index in [0.29, 0.717) is 0 Å². The smallest absolute Gasteiger partial charge is 0.0950 e. The molecule has 1 heterocycles. The highest BCUT2D eigenvalue weighted by molar-refractivity contribution is 5.56. The minimum Gasteiger partial charge on any atom is -0.340 e. The van der Waals surface area contributed by atoms with E-state index in [-0.39, 0.29) is 0 Å². The fourth-order valence-electron chi connectivity index (χ4n) is 0.633. The van der Waals surface area contributed by atoms with Crippen LogP contribution in [-0.2, 0) is 7.05 Å². The summed E-state index contributed by atoms with van der Waals surface area (Å²) in [5, 5.41) is 0. The Kier molecular flexibility index (Phi) is 1.39. The summed E-state index contributed by atoms with van der Waals surface area (Å²) in [5.74, 6) is 0. The van der Waals surface area contributed by atoms with Crippen LogP contribution in [0.15, 0.2) is 19.1 Å². The van der Waals surface area contributed by atoms with Crippen molar-refractivity contribution < 1.29 is 0 Å². The molecule has 0 saturated heterocycles. The molecule has 0 N–H and O–H groups in total. The lowest BCUT2D eigenvalue weighted by Crippen LogP contribution is -1.78. The second-order valence-electron chi connectivity index (χ2n) is 2.20. The fraction of sp³-hybridized carbons (Fsp3) is 0.286. The average molecular weight is 122 g/mol. The first-order chi connectivity index (χ1) is 4.20. The fourth-order valence-corrected chi connectivity index (χ4v) is 0.633. The summed E-state index contributed by atoms with van der Waals surface area (Å²) in [6.07, 6.45) is 3.71. The van der Waals surface area contributed by atoms with Gasteiger partial charge in [0.15, 0.2) is 0 Å². The van der Waals surface area contributed by atoms with Crippen LogP contribution >= 0.6 is 0 Å². The zero-order valence-corrected chi connectivity index (χ0v) is 5.76. The molecule has 0 aliphatic heterocycles. The van der Waals surface area contributed by atoms with Crippen LogP contribution in [0.2, 0.25) is 0 Å². The van der Waals surface area contributed by atoms with Gasteiger partial charge in [0.25, 0.3) is 0 Å². The highest BCUT2D eigenvalue weighted by Gasteiger charge is 1.93. The Morgan fingerprint density at radius 1 is 1.78 bits per heavy atom. The Balaban J connectivity index is 2.98. The summed E-state index contributed by atoms with van der Waals surface area (Å²) >= 11 is 0. The van der Waals surface area contributed by atoms with Crippen LogP contribution in [-0.4, -0.2) is 9.55 Å². The lowest BCUT2D eigenvalue weighted by Gasteiger charge is -1.87. The quantitative estimate of drug-likeness (QED) is 0.551. The molecule has 0 saturated carbocycles. The van der Waals surface area contributed by atoms with Gasteiger partial charge in [-0.15, -0.1) is 0 Å². The molecule has 1 rings (SSSR count). The molecule has 0 fully saturated rings. The monoisotopic (exact) mass is 122 g/mol. The number of allylic oxidation sites excluding steroid dienone is 1. The predicted molar refractivity (Wildman–Crippen MR) is 37.9 cm³/mol. The van der Waals surface area contributed by atoms with Crippen LogP contribution in [0.25, 0.3) is 5.57 Å². The number of hydrogen-bond donors (Lipinski definition) is 0. The molecule has 0 spiro atoms. The molecule has 2 nitrogen and oxygen atoms in total. The normalized spacial score (nSPS) is 9.56. The van der Waals surface area contributed by atoms with Gasteiger partial charge in [0.2, 0.25) is 0 Å². The SMILES string of the molecule is C=C(C)c1cn(C)cn1. The van der Waals surface area contributed by atoms with E-state index in [1.165, 1.54) is 0 Å². The van der Waals surface area contributed by atoms with Gasteiger partial charge in [0.1, 0.15) is 0 Å². The Labute approximate surface area is 54.8 Å². The highest BCUT2D eigenvalue weighted by atomic mass is 15.0. The molecule has 0 aromatic carbocycles. The van der Waals surface area contributed by atoms with Crippen molar-refractivity contribution in [3.8, 4) is 0 Å². The Morgan fingerprint density at radius 2 is 2.44 bits per heavy atom. The summed E-state index contributed by atoms with van der Waals surface area (Å²) in [6, 6.07) is 0. The molecule has 9 heavy (non-hydrogen) atoms. The van der Waals surface area contributed by atoms with Crippen molar-refractivity contribution in [1.29, 1.82) is 0 Å². The van der Waals surface area contributed by atoms with Crippen LogP contribution in [0, 0.1) is 0 Å². The lowest BCUT2D eigenvalue weighted by atomic mass is 10.3. The van der Waals surface area contributed by atoms with E-state index >= 15 is 0 Å². The second-order valence-corrected chi connectivity index (χ2v) is 2.20. The van der Waals surface area contributed by atoms with Crippen LogP contribution in [0.4, 0.5) is 0 Å². The van der Waals surface area contributed by atoms with E-state index in [1.807, 2.05) is 24.7 Å². The van der Waals surface area contributed by atoms with Crippen molar-refractivity contribution in [2.24, 2.45) is 7.05 Å². The first kappa shape index (κ1) is 6.08. The van der Waals surface area contributed by atoms with Gasteiger partial charge in [-0.3, -0.25) is 0 Å². The lowest BCUT2D eigenvalue weighted by molar-refractivity contribution is 0.913. The van der Waals surface area contributed by atoms with E-state index in [0.717, 1.165) is 11.3 Å². The third kappa shape index (κ3) is 1.19. The zero-order chi connectivity index (χ0) is 6.85. The third-order valence-corrected chi connectivity index (χ3v) is 1.14. The van der Waals surface area contributed by atoms with E-state index in [4.69, 9.17) is 0 Å². The summed E-state index contributed by atoms with van der Waals surface area (Å²) in [7, 11) is 1.94. The van der Waals surface area contributed by atoms with Crippen molar-refractivity contribution in [2.45, 2.75) is 6.92 Å². The van der Waals surface area contributed by atoms with Gasteiger partial charge in [0, 0.05) is 13.2 Å². The minimum atomic E-state index is 0.970. The summed E-state index contributed by atoms with van der Waals surface area (Å²) in [5.41, 5.74) is 1.98. The van der Waals surface area contributed by atoms with E-state index in [9.17, 15) is 0 Å². The van der Waals surface area contributed by atoms with Gasteiger partial charge >= 0.3 is 0 Å². The first-order valence-corrected chi connectivity index (χ1v) is 2.84. The van der Waals surface area contributed by atoms with Crippen molar-refractivity contribution >= 4 is 5.57 Å². The standard InChI is InChI=1S/C7H10N2/c1-6(2)7-4-9(3)5-8-7/h4-5H,1H2,2-3H3. The largest absolute Gasteiger partial charge is 0.340 e. The molecule has 2 heteroatoms. The Hall–Kier alpha value is -1.05. The van der Waals surface area contributed by atoms with Crippen molar-refractivity contribution in [1.82, 2.24) is 9.55 Å². The maximum atomic E-state index is 4.08. The highest BCUT2D eigenvalue weighted by Crippen LogP contribution is 2.05. The number of aryl methyl sites for hydroxylation is 1. The molecular formula is C7H10N2. The molecule has 0 atom stereocenters. The molecule has 1 aromatic rings. The third-order valence-electron chi connectivity index (χ3n) is 1.14. The zero-order valence-electron chi connectivity index (χ0n) is 5.76. The first-order valence-electron chi connectivity index (χ1n) is 2.84. The molecule has 0 radical (unpaired) electrons. The topological polar surface area (TPSA) is 17.8 Å². The van der Waals surface area contributed by atoms with Gasteiger partial charge in [-0.2, -0.15) is 0 Å². The number of imidazole rings is 1. The molecule has 48 valence electrons. The van der Waals surface area contributed by atoms with Gasteiger partial charge in [-0.25, -0.2) is 4.98 Å². The van der Waals surface area contributed by atoms with Crippen LogP contribution in [0.3, 0.4) is 0 Å². The van der Waals surface area contributed by atoms with Crippen LogP contribution in [0.5, 0.6) is 0 Å². The van der Waals surface area contributed by atoms with Crippen molar-refractivity contribution in [3.63, 3.8) is 0 Å². The second kappa shape index (κ2) is 2.05. The van der Waals surface area contributed by atoms with Gasteiger partial charge in [0.05, 0.1) is 12.0 Å². The minimum absolute atomic E-state index is 0.970. The molecular weight excluding hydrogens is 112 g/mol. The number of aromatic nitrogens is 2. The van der Waals surface area contributed by atoms with Crippen LogP contribution < -0.4 is 0 Å². The van der Waals surface area contributed by atoms with Gasteiger partial charge in [-0.1, -0.05) is 6.58 Å².